The first-order chi connectivity index (χ1) is 10.5. The molecule has 0 fully saturated rings. The number of thiophene rings is 1. The van der Waals surface area contributed by atoms with Crippen LogP contribution in [0, 0.1) is 0 Å². The van der Waals surface area contributed by atoms with Crippen LogP contribution >= 0.6 is 11.3 Å². The van der Waals surface area contributed by atoms with Crippen molar-refractivity contribution in [1.82, 2.24) is 9.80 Å². The zero-order valence-corrected chi connectivity index (χ0v) is 13.8. The molecule has 2 aromatic rings. The Morgan fingerprint density at radius 1 is 1.14 bits per heavy atom. The third-order valence-electron chi connectivity index (χ3n) is 3.43. The monoisotopic (exact) mass is 318 g/mol. The minimum absolute atomic E-state index is 0.348. The number of rotatable bonds is 8. The van der Waals surface area contributed by atoms with Crippen LogP contribution in [0.3, 0.4) is 0 Å². The molecule has 0 unspecified atom stereocenters. The van der Waals surface area contributed by atoms with Crippen molar-refractivity contribution in [3.8, 4) is 0 Å². The first-order valence-corrected chi connectivity index (χ1v) is 8.19. The molecule has 1 aromatic heterocycles. The third kappa shape index (κ3) is 5.26. The largest absolute Gasteiger partial charge is 0.478 e. The van der Waals surface area contributed by atoms with E-state index in [1.807, 2.05) is 12.1 Å². The van der Waals surface area contributed by atoms with Crippen LogP contribution in [0.2, 0.25) is 0 Å². The lowest BCUT2D eigenvalue weighted by Gasteiger charge is -2.24. The summed E-state index contributed by atoms with van der Waals surface area (Å²) < 4.78 is 0. The summed E-state index contributed by atoms with van der Waals surface area (Å²) >= 11 is 1.70. The standard InChI is InChI=1S/C17H22N2O2S/c1-18(2)7-8-19(12-15-6-9-22-13-15)11-14-4-3-5-16(10-14)17(20)21/h3-6,9-10,13H,7-8,11-12H2,1-2H3,(H,20,21). The van der Waals surface area contributed by atoms with Gasteiger partial charge in [0.1, 0.15) is 0 Å². The molecule has 0 saturated carbocycles. The van der Waals surface area contributed by atoms with E-state index in [1.165, 1.54) is 5.56 Å². The quantitative estimate of drug-likeness (QED) is 0.812. The van der Waals surface area contributed by atoms with Crippen molar-refractivity contribution < 1.29 is 9.90 Å². The van der Waals surface area contributed by atoms with Crippen LogP contribution in [0.25, 0.3) is 0 Å². The Labute approximate surface area is 135 Å². The molecule has 0 atom stereocenters. The van der Waals surface area contributed by atoms with Gasteiger partial charge in [0.05, 0.1) is 5.56 Å². The van der Waals surface area contributed by atoms with E-state index in [0.717, 1.165) is 31.7 Å². The predicted octanol–water partition coefficient (Wildman–Crippen LogP) is 3.01. The second-order valence-corrected chi connectivity index (χ2v) is 6.43. The number of nitrogens with zero attached hydrogens (tertiary/aromatic N) is 2. The molecule has 0 radical (unpaired) electrons. The second kappa shape index (κ2) is 8.08. The third-order valence-corrected chi connectivity index (χ3v) is 4.16. The highest BCUT2D eigenvalue weighted by Gasteiger charge is 2.10. The van der Waals surface area contributed by atoms with Crippen LogP contribution in [-0.4, -0.2) is 48.1 Å². The number of hydrogen-bond donors (Lipinski definition) is 1. The fourth-order valence-corrected chi connectivity index (χ4v) is 2.92. The minimum Gasteiger partial charge on any atom is -0.478 e. The van der Waals surface area contributed by atoms with E-state index in [4.69, 9.17) is 5.11 Å². The van der Waals surface area contributed by atoms with E-state index in [2.05, 4.69) is 40.7 Å². The number of aromatic carboxylic acids is 1. The van der Waals surface area contributed by atoms with Gasteiger partial charge in [-0.05, 0) is 54.2 Å². The van der Waals surface area contributed by atoms with Crippen LogP contribution in [0.1, 0.15) is 21.5 Å². The molecule has 0 aliphatic rings. The molecule has 0 spiro atoms. The van der Waals surface area contributed by atoms with Gasteiger partial charge in [-0.25, -0.2) is 4.79 Å². The lowest BCUT2D eigenvalue weighted by molar-refractivity contribution is 0.0696. The van der Waals surface area contributed by atoms with Gasteiger partial charge in [-0.15, -0.1) is 0 Å². The van der Waals surface area contributed by atoms with Crippen molar-refractivity contribution in [3.05, 3.63) is 57.8 Å². The Morgan fingerprint density at radius 2 is 1.91 bits per heavy atom. The van der Waals surface area contributed by atoms with Crippen LogP contribution in [-0.2, 0) is 13.1 Å². The predicted molar refractivity (Wildman–Crippen MR) is 90.4 cm³/mol. The van der Waals surface area contributed by atoms with E-state index in [1.54, 1.807) is 23.5 Å². The number of carbonyl (C=O) groups is 1. The molecule has 0 amide bonds. The van der Waals surface area contributed by atoms with Crippen LogP contribution in [0.4, 0.5) is 0 Å². The topological polar surface area (TPSA) is 43.8 Å². The van der Waals surface area contributed by atoms with Crippen molar-refractivity contribution >= 4 is 17.3 Å². The van der Waals surface area contributed by atoms with E-state index in [-0.39, 0.29) is 0 Å². The zero-order chi connectivity index (χ0) is 15.9. The summed E-state index contributed by atoms with van der Waals surface area (Å²) in [5, 5.41) is 13.4. The summed E-state index contributed by atoms with van der Waals surface area (Å²) in [6.07, 6.45) is 0. The number of hydrogen-bond acceptors (Lipinski definition) is 4. The summed E-state index contributed by atoms with van der Waals surface area (Å²) in [5.74, 6) is -0.875. The van der Waals surface area contributed by atoms with Crippen molar-refractivity contribution in [2.75, 3.05) is 27.2 Å². The maximum Gasteiger partial charge on any atom is 0.335 e. The number of carboxylic acid groups (broad SMARTS) is 1. The molecule has 0 saturated heterocycles. The van der Waals surface area contributed by atoms with E-state index >= 15 is 0 Å². The Bertz CT molecular complexity index is 596. The molecule has 4 nitrogen and oxygen atoms in total. The highest BCUT2D eigenvalue weighted by Crippen LogP contribution is 2.14. The van der Waals surface area contributed by atoms with Gasteiger partial charge in [-0.1, -0.05) is 12.1 Å². The molecule has 1 heterocycles. The van der Waals surface area contributed by atoms with Gasteiger partial charge in [0, 0.05) is 26.2 Å². The van der Waals surface area contributed by atoms with Crippen molar-refractivity contribution in [3.63, 3.8) is 0 Å². The Balaban J connectivity index is 2.07. The average Bonchev–Trinajstić information content (AvgIpc) is 2.98. The van der Waals surface area contributed by atoms with E-state index in [9.17, 15) is 4.79 Å². The first kappa shape index (κ1) is 16.7. The zero-order valence-electron chi connectivity index (χ0n) is 13.0. The van der Waals surface area contributed by atoms with Gasteiger partial charge in [-0.2, -0.15) is 11.3 Å². The molecule has 5 heteroatoms. The molecular weight excluding hydrogens is 296 g/mol. The number of carboxylic acids is 1. The Morgan fingerprint density at radius 3 is 2.55 bits per heavy atom. The Hall–Kier alpha value is -1.69. The lowest BCUT2D eigenvalue weighted by atomic mass is 10.1. The summed E-state index contributed by atoms with van der Waals surface area (Å²) in [6.45, 7) is 3.56. The molecule has 0 bridgehead atoms. The second-order valence-electron chi connectivity index (χ2n) is 5.65. The van der Waals surface area contributed by atoms with Gasteiger partial charge in [0.2, 0.25) is 0 Å². The van der Waals surface area contributed by atoms with Crippen molar-refractivity contribution in [1.29, 1.82) is 0 Å². The summed E-state index contributed by atoms with van der Waals surface area (Å²) in [5.41, 5.74) is 2.69. The van der Waals surface area contributed by atoms with Gasteiger partial charge < -0.3 is 10.0 Å². The van der Waals surface area contributed by atoms with Crippen LogP contribution in [0.15, 0.2) is 41.1 Å². The Kier molecular flexibility index (Phi) is 6.12. The van der Waals surface area contributed by atoms with Crippen LogP contribution < -0.4 is 0 Å². The van der Waals surface area contributed by atoms with Gasteiger partial charge in [-0.3, -0.25) is 4.90 Å². The molecule has 0 aliphatic heterocycles. The average molecular weight is 318 g/mol. The van der Waals surface area contributed by atoms with Crippen molar-refractivity contribution in [2.24, 2.45) is 0 Å². The van der Waals surface area contributed by atoms with Crippen LogP contribution in [0.5, 0.6) is 0 Å². The number of benzene rings is 1. The number of likely N-dealkylation sites (N-methyl/N-ethyl adjacent to an activating group) is 1. The lowest BCUT2D eigenvalue weighted by Crippen LogP contribution is -2.31. The molecule has 1 aromatic carbocycles. The smallest absolute Gasteiger partial charge is 0.335 e. The first-order valence-electron chi connectivity index (χ1n) is 7.25. The maximum absolute atomic E-state index is 11.1. The SMILES string of the molecule is CN(C)CCN(Cc1ccsc1)Cc1cccc(C(=O)O)c1. The molecule has 1 N–H and O–H groups in total. The maximum atomic E-state index is 11.1. The molecule has 2 rings (SSSR count). The highest BCUT2D eigenvalue weighted by molar-refractivity contribution is 7.07. The van der Waals surface area contributed by atoms with E-state index < -0.39 is 5.97 Å². The summed E-state index contributed by atoms with van der Waals surface area (Å²) in [4.78, 5) is 15.6. The summed E-state index contributed by atoms with van der Waals surface area (Å²) in [7, 11) is 4.13. The van der Waals surface area contributed by atoms with E-state index in [0.29, 0.717) is 5.56 Å². The molecule has 118 valence electrons. The summed E-state index contributed by atoms with van der Waals surface area (Å²) in [6, 6.07) is 9.34. The highest BCUT2D eigenvalue weighted by atomic mass is 32.1. The van der Waals surface area contributed by atoms with Crippen molar-refractivity contribution in [2.45, 2.75) is 13.1 Å². The minimum atomic E-state index is -0.875. The van der Waals surface area contributed by atoms with Gasteiger partial charge >= 0.3 is 5.97 Å². The molecular formula is C17H22N2O2S. The molecule has 0 aliphatic carbocycles. The van der Waals surface area contributed by atoms with Gasteiger partial charge in [0.15, 0.2) is 0 Å². The molecule has 22 heavy (non-hydrogen) atoms. The van der Waals surface area contributed by atoms with Gasteiger partial charge in [0.25, 0.3) is 0 Å². The fraction of sp³-hybridized carbons (Fsp3) is 0.353. The normalized spacial score (nSPS) is 11.3. The fourth-order valence-electron chi connectivity index (χ4n) is 2.26.